The Labute approximate surface area is 134 Å². The van der Waals surface area contributed by atoms with Gasteiger partial charge in [0.1, 0.15) is 31.4 Å². The van der Waals surface area contributed by atoms with Crippen molar-refractivity contribution in [2.24, 2.45) is 0 Å². The molecule has 0 bridgehead atoms. The first-order valence-electron chi connectivity index (χ1n) is 6.92. The maximum absolute atomic E-state index is 8.98. The molecule has 0 aliphatic rings. The summed E-state index contributed by atoms with van der Waals surface area (Å²) in [5, 5.41) is 18.0. The van der Waals surface area contributed by atoms with Gasteiger partial charge in [-0.2, -0.15) is 10.5 Å². The van der Waals surface area contributed by atoms with Crippen molar-refractivity contribution >= 4 is 13.3 Å². The number of hydrogen-bond donors (Lipinski definition) is 0. The third-order valence-corrected chi connectivity index (χ3v) is 3.32. The van der Waals surface area contributed by atoms with Gasteiger partial charge in [0.15, 0.2) is 5.82 Å². The number of hydrogen-bond acceptors (Lipinski definition) is 5. The lowest BCUT2D eigenvalue weighted by Crippen LogP contribution is -1.99. The molecular formula is C17H10BN5. The molecule has 5 nitrogen and oxygen atoms in total. The van der Waals surface area contributed by atoms with Gasteiger partial charge in [-0.1, -0.05) is 29.7 Å². The Hall–Kier alpha value is -3.51. The van der Waals surface area contributed by atoms with Crippen molar-refractivity contribution in [2.75, 3.05) is 0 Å². The molecule has 0 atom stereocenters. The molecular weight excluding hydrogens is 285 g/mol. The van der Waals surface area contributed by atoms with Crippen LogP contribution in [0.5, 0.6) is 0 Å². The molecule has 0 N–H and O–H groups in total. The van der Waals surface area contributed by atoms with E-state index in [1.165, 1.54) is 11.5 Å². The lowest BCUT2D eigenvalue weighted by atomic mass is 9.95. The van der Waals surface area contributed by atoms with Crippen LogP contribution in [0.2, 0.25) is 0 Å². The Morgan fingerprint density at radius 3 is 1.96 bits per heavy atom. The third-order valence-electron chi connectivity index (χ3n) is 3.32. The molecule has 0 aliphatic carbocycles. The SMILES string of the molecule is Bc1ccc(-c2ccc(-c3nc(C#N)cc(C#N)n3)cn2)cc1. The van der Waals surface area contributed by atoms with Gasteiger partial charge in [-0.05, 0) is 12.1 Å². The summed E-state index contributed by atoms with van der Waals surface area (Å²) in [5.74, 6) is 0.323. The summed E-state index contributed by atoms with van der Waals surface area (Å²) < 4.78 is 0. The highest BCUT2D eigenvalue weighted by atomic mass is 14.9. The van der Waals surface area contributed by atoms with E-state index in [0.717, 1.165) is 11.3 Å². The quantitative estimate of drug-likeness (QED) is 0.663. The molecule has 0 aliphatic heterocycles. The van der Waals surface area contributed by atoms with Crippen molar-refractivity contribution in [3.63, 3.8) is 0 Å². The Balaban J connectivity index is 1.98. The number of aromatic nitrogens is 3. The second kappa shape index (κ2) is 6.09. The van der Waals surface area contributed by atoms with Crippen LogP contribution in [0.4, 0.5) is 0 Å². The normalized spacial score (nSPS) is 9.83. The van der Waals surface area contributed by atoms with Crippen LogP contribution >= 0.6 is 0 Å². The van der Waals surface area contributed by atoms with Gasteiger partial charge in [0.2, 0.25) is 0 Å². The number of nitriles is 2. The summed E-state index contributed by atoms with van der Waals surface area (Å²) in [4.78, 5) is 12.7. The van der Waals surface area contributed by atoms with Gasteiger partial charge in [-0.15, -0.1) is 0 Å². The zero-order valence-corrected chi connectivity index (χ0v) is 12.4. The molecule has 0 spiro atoms. The Kier molecular flexibility index (Phi) is 3.82. The Morgan fingerprint density at radius 1 is 0.826 bits per heavy atom. The van der Waals surface area contributed by atoms with Gasteiger partial charge in [-0.3, -0.25) is 4.98 Å². The van der Waals surface area contributed by atoms with E-state index in [0.29, 0.717) is 11.4 Å². The van der Waals surface area contributed by atoms with Crippen LogP contribution < -0.4 is 5.46 Å². The van der Waals surface area contributed by atoms with Crippen LogP contribution in [0.15, 0.2) is 48.7 Å². The zero-order chi connectivity index (χ0) is 16.2. The summed E-state index contributed by atoms with van der Waals surface area (Å²) in [7, 11) is 2.03. The molecule has 0 radical (unpaired) electrons. The number of pyridine rings is 1. The minimum Gasteiger partial charge on any atom is -0.255 e. The van der Waals surface area contributed by atoms with Gasteiger partial charge >= 0.3 is 0 Å². The fourth-order valence-corrected chi connectivity index (χ4v) is 2.11. The lowest BCUT2D eigenvalue weighted by Gasteiger charge is -2.04. The summed E-state index contributed by atoms with van der Waals surface area (Å²) in [5.41, 5.74) is 4.03. The molecule has 6 heteroatoms. The van der Waals surface area contributed by atoms with E-state index in [1.807, 2.05) is 56.4 Å². The molecule has 3 aromatic rings. The van der Waals surface area contributed by atoms with E-state index in [4.69, 9.17) is 10.5 Å². The van der Waals surface area contributed by atoms with Gasteiger partial charge in [0.25, 0.3) is 0 Å². The second-order valence-corrected chi connectivity index (χ2v) is 4.98. The summed E-state index contributed by atoms with van der Waals surface area (Å²) in [6, 6.07) is 17.0. The molecule has 0 saturated heterocycles. The van der Waals surface area contributed by atoms with Gasteiger partial charge in [-0.25, -0.2) is 9.97 Å². The van der Waals surface area contributed by atoms with Gasteiger partial charge in [0.05, 0.1) is 5.69 Å². The highest BCUT2D eigenvalue weighted by Gasteiger charge is 2.08. The van der Waals surface area contributed by atoms with E-state index >= 15 is 0 Å². The molecule has 106 valence electrons. The zero-order valence-electron chi connectivity index (χ0n) is 12.4. The smallest absolute Gasteiger partial charge is 0.163 e. The number of nitrogens with zero attached hydrogens (tertiary/aromatic N) is 5. The first-order chi connectivity index (χ1) is 11.2. The summed E-state index contributed by atoms with van der Waals surface area (Å²) >= 11 is 0. The predicted molar refractivity (Wildman–Crippen MR) is 88.3 cm³/mol. The van der Waals surface area contributed by atoms with E-state index in [9.17, 15) is 0 Å². The monoisotopic (exact) mass is 295 g/mol. The predicted octanol–water partition coefficient (Wildman–Crippen LogP) is 1.21. The molecule has 2 aromatic heterocycles. The van der Waals surface area contributed by atoms with Crippen molar-refractivity contribution < 1.29 is 0 Å². The fourth-order valence-electron chi connectivity index (χ4n) is 2.11. The van der Waals surface area contributed by atoms with Crippen LogP contribution in [-0.2, 0) is 0 Å². The lowest BCUT2D eigenvalue weighted by molar-refractivity contribution is 1.12. The molecule has 3 rings (SSSR count). The maximum atomic E-state index is 8.98. The number of rotatable bonds is 2. The van der Waals surface area contributed by atoms with Crippen molar-refractivity contribution in [1.29, 1.82) is 10.5 Å². The van der Waals surface area contributed by atoms with E-state index in [1.54, 1.807) is 6.20 Å². The van der Waals surface area contributed by atoms with Crippen molar-refractivity contribution in [3.8, 4) is 34.8 Å². The summed E-state index contributed by atoms with van der Waals surface area (Å²) in [6.45, 7) is 0. The van der Waals surface area contributed by atoms with Crippen molar-refractivity contribution in [1.82, 2.24) is 15.0 Å². The molecule has 0 amide bonds. The average molecular weight is 295 g/mol. The van der Waals surface area contributed by atoms with Crippen molar-refractivity contribution in [3.05, 3.63) is 60.0 Å². The molecule has 0 saturated carbocycles. The highest BCUT2D eigenvalue weighted by molar-refractivity contribution is 6.32. The first kappa shape index (κ1) is 14.4. The number of benzene rings is 1. The van der Waals surface area contributed by atoms with Crippen LogP contribution in [0, 0.1) is 22.7 Å². The van der Waals surface area contributed by atoms with Crippen LogP contribution in [-0.4, -0.2) is 22.8 Å². The molecule has 0 fully saturated rings. The molecule has 0 unspecified atom stereocenters. The second-order valence-electron chi connectivity index (χ2n) is 4.98. The Bertz CT molecular complexity index is 902. The largest absolute Gasteiger partial charge is 0.255 e. The fraction of sp³-hybridized carbons (Fsp3) is 0. The van der Waals surface area contributed by atoms with Gasteiger partial charge < -0.3 is 0 Å². The molecule has 23 heavy (non-hydrogen) atoms. The van der Waals surface area contributed by atoms with Crippen LogP contribution in [0.3, 0.4) is 0 Å². The topological polar surface area (TPSA) is 86.2 Å². The van der Waals surface area contributed by atoms with Crippen LogP contribution in [0.25, 0.3) is 22.6 Å². The first-order valence-corrected chi connectivity index (χ1v) is 6.92. The van der Waals surface area contributed by atoms with E-state index in [-0.39, 0.29) is 11.4 Å². The Morgan fingerprint density at radius 2 is 1.43 bits per heavy atom. The van der Waals surface area contributed by atoms with E-state index in [2.05, 4.69) is 15.0 Å². The minimum atomic E-state index is 0.161. The minimum absolute atomic E-state index is 0.161. The maximum Gasteiger partial charge on any atom is 0.163 e. The summed E-state index contributed by atoms with van der Waals surface area (Å²) in [6.07, 6.45) is 1.65. The average Bonchev–Trinajstić information content (AvgIpc) is 2.62. The van der Waals surface area contributed by atoms with E-state index < -0.39 is 0 Å². The van der Waals surface area contributed by atoms with Crippen LogP contribution in [0.1, 0.15) is 11.4 Å². The molecule has 2 heterocycles. The highest BCUT2D eigenvalue weighted by Crippen LogP contribution is 2.20. The van der Waals surface area contributed by atoms with Crippen molar-refractivity contribution in [2.45, 2.75) is 0 Å². The molecule has 1 aromatic carbocycles. The third kappa shape index (κ3) is 3.07. The van der Waals surface area contributed by atoms with Gasteiger partial charge in [0, 0.05) is 23.4 Å². The standard InChI is InChI=1S/C17H10BN5/c18-13-4-1-11(2-5-13)16-6-3-12(10-21-16)17-22-14(8-19)7-15(9-20)23-17/h1-7,10H,18H2.